The first kappa shape index (κ1) is 10.2. The molecule has 80 valence electrons. The van der Waals surface area contributed by atoms with Crippen molar-refractivity contribution < 1.29 is 0 Å². The average molecular weight is 203 g/mol. The fourth-order valence-electron chi connectivity index (χ4n) is 1.91. The Morgan fingerprint density at radius 2 is 1.87 bits per heavy atom. The zero-order valence-corrected chi connectivity index (χ0v) is 9.46. The van der Waals surface area contributed by atoms with Crippen LogP contribution in [0, 0.1) is 0 Å². The lowest BCUT2D eigenvalue weighted by Crippen LogP contribution is -2.22. The van der Waals surface area contributed by atoms with Gasteiger partial charge < -0.3 is 4.98 Å². The van der Waals surface area contributed by atoms with Gasteiger partial charge in [0.15, 0.2) is 0 Å². The van der Waals surface area contributed by atoms with E-state index in [4.69, 9.17) is 0 Å². The fraction of sp³-hybridized carbons (Fsp3) is 0.385. The Morgan fingerprint density at radius 3 is 2.53 bits per heavy atom. The second-order valence-electron chi connectivity index (χ2n) is 3.84. The lowest BCUT2D eigenvalue weighted by atomic mass is 10.2. The number of rotatable bonds is 4. The van der Waals surface area contributed by atoms with Crippen LogP contribution in [-0.4, -0.2) is 23.0 Å². The lowest BCUT2D eigenvalue weighted by molar-refractivity contribution is 0.293. The molecule has 0 aliphatic rings. The van der Waals surface area contributed by atoms with Gasteiger partial charge in [0.25, 0.3) is 0 Å². The van der Waals surface area contributed by atoms with Gasteiger partial charge in [0.1, 0.15) is 0 Å². The van der Waals surface area contributed by atoms with Gasteiger partial charge in [0.2, 0.25) is 0 Å². The summed E-state index contributed by atoms with van der Waals surface area (Å²) in [6.07, 6.45) is 0. The van der Waals surface area contributed by atoms with E-state index in [0.717, 1.165) is 19.6 Å². The van der Waals surface area contributed by atoms with E-state index in [9.17, 15) is 0 Å². The summed E-state index contributed by atoms with van der Waals surface area (Å²) in [6, 6.07) is 10.7. The van der Waals surface area contributed by atoms with Crippen LogP contribution in [0.1, 0.15) is 19.5 Å². The van der Waals surface area contributed by atoms with Gasteiger partial charge in [-0.15, -0.1) is 0 Å². The number of H-pyrrole nitrogens is 1. The van der Waals surface area contributed by atoms with Crippen molar-refractivity contribution in [2.24, 2.45) is 0 Å². The predicted molar refractivity (Wildman–Crippen MR) is 64.9 cm³/mol. The minimum absolute atomic E-state index is 1.02. The fourth-order valence-corrected chi connectivity index (χ4v) is 1.91. The number of benzene rings is 1. The number of para-hydroxylation sites is 1. The third-order valence-electron chi connectivity index (χ3n) is 2.87. The second-order valence-corrected chi connectivity index (χ2v) is 3.84. The van der Waals surface area contributed by atoms with E-state index >= 15 is 0 Å². The molecule has 0 radical (unpaired) electrons. The predicted octanol–water partition coefficient (Wildman–Crippen LogP) is 3.01. The molecule has 2 rings (SSSR count). The van der Waals surface area contributed by atoms with Crippen LogP contribution >= 0.6 is 0 Å². The summed E-state index contributed by atoms with van der Waals surface area (Å²) < 4.78 is 0. The Hall–Kier alpha value is -1.28. The number of aromatic amines is 1. The van der Waals surface area contributed by atoms with Crippen molar-refractivity contribution in [3.63, 3.8) is 0 Å². The first-order valence-corrected chi connectivity index (χ1v) is 5.62. The molecule has 0 bridgehead atoms. The maximum absolute atomic E-state index is 3.45. The van der Waals surface area contributed by atoms with Crippen LogP contribution < -0.4 is 0 Å². The van der Waals surface area contributed by atoms with E-state index in [0.29, 0.717) is 0 Å². The molecule has 2 heteroatoms. The van der Waals surface area contributed by atoms with E-state index in [1.807, 2.05) is 0 Å². The van der Waals surface area contributed by atoms with Gasteiger partial charge in [-0.3, -0.25) is 4.90 Å². The summed E-state index contributed by atoms with van der Waals surface area (Å²) in [5.74, 6) is 0. The maximum Gasteiger partial charge on any atom is 0.0456 e. The molecule has 0 amide bonds. The first-order chi connectivity index (χ1) is 7.33. The molecule has 0 aliphatic heterocycles. The Morgan fingerprint density at radius 1 is 1.13 bits per heavy atom. The highest BCUT2D eigenvalue weighted by Crippen LogP contribution is 2.15. The average Bonchev–Trinajstić information content (AvgIpc) is 2.68. The van der Waals surface area contributed by atoms with Gasteiger partial charge in [0, 0.05) is 17.8 Å². The molecule has 1 N–H and O–H groups in total. The van der Waals surface area contributed by atoms with Crippen LogP contribution in [0.3, 0.4) is 0 Å². The highest BCUT2D eigenvalue weighted by Gasteiger charge is 2.03. The molecular weight excluding hydrogens is 185 g/mol. The quantitative estimate of drug-likeness (QED) is 0.757. The van der Waals surface area contributed by atoms with Gasteiger partial charge in [-0.25, -0.2) is 0 Å². The third kappa shape index (κ3) is 2.21. The van der Waals surface area contributed by atoms with Crippen LogP contribution in [0.15, 0.2) is 30.3 Å². The van der Waals surface area contributed by atoms with E-state index in [1.54, 1.807) is 0 Å². The standard InChI is InChI=1S/C13H18N2/c1-3-15(4-2)10-12-9-11-7-5-6-8-13(11)14-12/h5-9,14H,3-4,10H2,1-2H3/i10+1. The molecule has 15 heavy (non-hydrogen) atoms. The van der Waals surface area contributed by atoms with Crippen molar-refractivity contribution in [1.29, 1.82) is 0 Å². The van der Waals surface area contributed by atoms with E-state index < -0.39 is 0 Å². The highest BCUT2D eigenvalue weighted by molar-refractivity contribution is 5.80. The van der Waals surface area contributed by atoms with Crippen LogP contribution in [0.2, 0.25) is 0 Å². The summed E-state index contributed by atoms with van der Waals surface area (Å²) in [5.41, 5.74) is 2.54. The molecular formula is C13H18N2. The van der Waals surface area contributed by atoms with Gasteiger partial charge in [-0.1, -0.05) is 32.0 Å². The molecule has 0 aliphatic carbocycles. The molecule has 0 saturated heterocycles. The summed E-state index contributed by atoms with van der Waals surface area (Å²) in [7, 11) is 0. The Bertz CT molecular complexity index is 394. The Labute approximate surface area is 90.9 Å². The van der Waals surface area contributed by atoms with Crippen LogP contribution in [-0.2, 0) is 6.54 Å². The number of fused-ring (bicyclic) bond motifs is 1. The molecule has 1 heterocycles. The molecule has 0 spiro atoms. The van der Waals surface area contributed by atoms with Crippen molar-refractivity contribution in [2.75, 3.05) is 13.1 Å². The number of hydrogen-bond acceptors (Lipinski definition) is 1. The zero-order valence-electron chi connectivity index (χ0n) is 9.46. The Kier molecular flexibility index (Phi) is 3.07. The van der Waals surface area contributed by atoms with Gasteiger partial charge >= 0.3 is 0 Å². The van der Waals surface area contributed by atoms with Crippen LogP contribution in [0.4, 0.5) is 0 Å². The van der Waals surface area contributed by atoms with Gasteiger partial charge in [-0.05, 0) is 30.6 Å². The van der Waals surface area contributed by atoms with Crippen molar-refractivity contribution in [3.05, 3.63) is 36.0 Å². The summed E-state index contributed by atoms with van der Waals surface area (Å²) >= 11 is 0. The molecule has 0 unspecified atom stereocenters. The summed E-state index contributed by atoms with van der Waals surface area (Å²) in [5, 5.41) is 1.31. The van der Waals surface area contributed by atoms with Crippen molar-refractivity contribution in [2.45, 2.75) is 20.4 Å². The molecule has 2 nitrogen and oxygen atoms in total. The molecule has 2 aromatic rings. The summed E-state index contributed by atoms with van der Waals surface area (Å²) in [6.45, 7) is 7.62. The van der Waals surface area contributed by atoms with Crippen molar-refractivity contribution in [1.82, 2.24) is 9.88 Å². The zero-order chi connectivity index (χ0) is 10.7. The van der Waals surface area contributed by atoms with Crippen molar-refractivity contribution in [3.8, 4) is 0 Å². The normalized spacial score (nSPS) is 11.4. The highest BCUT2D eigenvalue weighted by atomic mass is 15.2. The third-order valence-corrected chi connectivity index (χ3v) is 2.87. The number of aromatic nitrogens is 1. The topological polar surface area (TPSA) is 19.0 Å². The van der Waals surface area contributed by atoms with Gasteiger partial charge in [0.05, 0.1) is 0 Å². The largest absolute Gasteiger partial charge is 0.357 e. The lowest BCUT2D eigenvalue weighted by Gasteiger charge is -2.16. The molecule has 0 atom stereocenters. The smallest absolute Gasteiger partial charge is 0.0456 e. The number of hydrogen-bond donors (Lipinski definition) is 1. The molecule has 0 saturated carbocycles. The van der Waals surface area contributed by atoms with E-state index in [1.165, 1.54) is 16.6 Å². The Balaban J connectivity index is 2.21. The van der Waals surface area contributed by atoms with E-state index in [2.05, 4.69) is 54.1 Å². The summed E-state index contributed by atoms with van der Waals surface area (Å²) in [4.78, 5) is 5.86. The molecule has 1 aromatic heterocycles. The van der Waals surface area contributed by atoms with E-state index in [-0.39, 0.29) is 0 Å². The van der Waals surface area contributed by atoms with Gasteiger partial charge in [-0.2, -0.15) is 0 Å². The number of nitrogens with one attached hydrogen (secondary N) is 1. The number of nitrogens with zero attached hydrogens (tertiary/aromatic N) is 1. The second kappa shape index (κ2) is 4.49. The minimum atomic E-state index is 1.02. The molecule has 0 fully saturated rings. The minimum Gasteiger partial charge on any atom is -0.357 e. The first-order valence-electron chi connectivity index (χ1n) is 5.62. The maximum atomic E-state index is 3.45. The van der Waals surface area contributed by atoms with Crippen LogP contribution in [0.25, 0.3) is 10.9 Å². The van der Waals surface area contributed by atoms with Crippen LogP contribution in [0.5, 0.6) is 0 Å². The molecule has 1 aromatic carbocycles. The monoisotopic (exact) mass is 203 g/mol. The van der Waals surface area contributed by atoms with Crippen molar-refractivity contribution >= 4 is 10.9 Å². The SMILES string of the molecule is CCN(CC)[13CH2]c1cc2ccccc2[nH]1.